The molecule has 0 aliphatic carbocycles. The summed E-state index contributed by atoms with van der Waals surface area (Å²) >= 11 is 11.8. The maximum Gasteiger partial charge on any atom is 0.258 e. The van der Waals surface area contributed by atoms with Crippen molar-refractivity contribution in [2.45, 2.75) is 6.92 Å². The standard InChI is InChI=1S/C15H12Cl2FN3O2/c1-7(22)20-8-2-3-13(18)10(4-8)15(23)21-9-5-11(16)14(19)12(17)6-9/h2-6H,19H2,1H3,(H,20,22)(H,21,23). The first kappa shape index (κ1) is 17.1. The van der Waals surface area contributed by atoms with Gasteiger partial charge in [0.2, 0.25) is 5.91 Å². The summed E-state index contributed by atoms with van der Waals surface area (Å²) in [4.78, 5) is 23.2. The molecule has 2 aromatic rings. The van der Waals surface area contributed by atoms with Gasteiger partial charge in [0.25, 0.3) is 5.91 Å². The smallest absolute Gasteiger partial charge is 0.258 e. The number of hydrogen-bond acceptors (Lipinski definition) is 3. The molecule has 8 heteroatoms. The fourth-order valence-corrected chi connectivity index (χ4v) is 2.32. The average molecular weight is 356 g/mol. The van der Waals surface area contributed by atoms with Crippen molar-refractivity contribution < 1.29 is 14.0 Å². The second-order valence-electron chi connectivity index (χ2n) is 4.68. The van der Waals surface area contributed by atoms with Crippen LogP contribution in [0.2, 0.25) is 10.0 Å². The fraction of sp³-hybridized carbons (Fsp3) is 0.0667. The van der Waals surface area contributed by atoms with Gasteiger partial charge in [-0.2, -0.15) is 0 Å². The highest BCUT2D eigenvalue weighted by Gasteiger charge is 2.14. The van der Waals surface area contributed by atoms with Gasteiger partial charge in [-0.15, -0.1) is 0 Å². The third-order valence-corrected chi connectivity index (χ3v) is 3.49. The Balaban J connectivity index is 2.28. The molecule has 5 nitrogen and oxygen atoms in total. The molecule has 2 rings (SSSR count). The summed E-state index contributed by atoms with van der Waals surface area (Å²) in [7, 11) is 0. The molecule has 0 unspecified atom stereocenters. The van der Waals surface area contributed by atoms with Gasteiger partial charge in [0.05, 0.1) is 21.3 Å². The Hall–Kier alpha value is -2.31. The zero-order valence-electron chi connectivity index (χ0n) is 11.9. The van der Waals surface area contributed by atoms with Crippen LogP contribution in [0.25, 0.3) is 0 Å². The number of rotatable bonds is 3. The number of benzene rings is 2. The molecule has 0 aromatic heterocycles. The lowest BCUT2D eigenvalue weighted by atomic mass is 10.1. The number of carbonyl (C=O) groups excluding carboxylic acids is 2. The van der Waals surface area contributed by atoms with Gasteiger partial charge in [-0.25, -0.2) is 4.39 Å². The number of hydrogen-bond donors (Lipinski definition) is 3. The fourth-order valence-electron chi connectivity index (χ4n) is 1.84. The molecule has 2 amide bonds. The lowest BCUT2D eigenvalue weighted by Crippen LogP contribution is -2.15. The highest BCUT2D eigenvalue weighted by atomic mass is 35.5. The van der Waals surface area contributed by atoms with Crippen molar-refractivity contribution in [1.82, 2.24) is 0 Å². The van der Waals surface area contributed by atoms with Gasteiger partial charge in [-0.05, 0) is 30.3 Å². The quantitative estimate of drug-likeness (QED) is 0.729. The van der Waals surface area contributed by atoms with Crippen LogP contribution in [0.1, 0.15) is 17.3 Å². The van der Waals surface area contributed by atoms with E-state index in [1.54, 1.807) is 0 Å². The average Bonchev–Trinajstić information content (AvgIpc) is 2.46. The van der Waals surface area contributed by atoms with Crippen molar-refractivity contribution >= 4 is 52.1 Å². The number of amides is 2. The summed E-state index contributed by atoms with van der Waals surface area (Å²) in [5, 5.41) is 5.28. The van der Waals surface area contributed by atoms with Crippen molar-refractivity contribution in [2.24, 2.45) is 0 Å². The van der Waals surface area contributed by atoms with Crippen molar-refractivity contribution in [3.8, 4) is 0 Å². The molecule has 0 spiro atoms. The minimum absolute atomic E-state index is 0.167. The van der Waals surface area contributed by atoms with Gasteiger partial charge in [-0.1, -0.05) is 23.2 Å². The maximum absolute atomic E-state index is 13.8. The topological polar surface area (TPSA) is 84.2 Å². The summed E-state index contributed by atoms with van der Waals surface area (Å²) in [6.07, 6.45) is 0. The molecule has 0 saturated carbocycles. The van der Waals surface area contributed by atoms with Gasteiger partial charge in [0.1, 0.15) is 5.82 Å². The maximum atomic E-state index is 13.8. The van der Waals surface area contributed by atoms with Gasteiger partial charge in [-0.3, -0.25) is 9.59 Å². The summed E-state index contributed by atoms with van der Waals surface area (Å²) in [6, 6.07) is 6.46. The third kappa shape index (κ3) is 4.12. The summed E-state index contributed by atoms with van der Waals surface area (Å²) in [6.45, 7) is 1.31. The summed E-state index contributed by atoms with van der Waals surface area (Å²) in [5.74, 6) is -1.78. The molecule has 0 bridgehead atoms. The lowest BCUT2D eigenvalue weighted by molar-refractivity contribution is -0.114. The summed E-state index contributed by atoms with van der Waals surface area (Å²) < 4.78 is 13.8. The predicted molar refractivity (Wildman–Crippen MR) is 89.5 cm³/mol. The van der Waals surface area contributed by atoms with Crippen LogP contribution in [0.15, 0.2) is 30.3 Å². The van der Waals surface area contributed by atoms with E-state index in [1.807, 2.05) is 0 Å². The Labute approximate surface area is 141 Å². The molecule has 0 aliphatic heterocycles. The zero-order valence-corrected chi connectivity index (χ0v) is 13.4. The largest absolute Gasteiger partial charge is 0.396 e. The van der Waals surface area contributed by atoms with Crippen molar-refractivity contribution in [2.75, 3.05) is 16.4 Å². The molecule has 120 valence electrons. The van der Waals surface area contributed by atoms with Crippen LogP contribution < -0.4 is 16.4 Å². The summed E-state index contributed by atoms with van der Waals surface area (Å²) in [5.41, 5.74) is 6.13. The van der Waals surface area contributed by atoms with Crippen molar-refractivity contribution in [1.29, 1.82) is 0 Å². The number of nitrogen functional groups attached to an aromatic ring is 1. The first-order chi connectivity index (χ1) is 10.8. The van der Waals surface area contributed by atoms with Crippen LogP contribution in [-0.4, -0.2) is 11.8 Å². The van der Waals surface area contributed by atoms with Crippen LogP contribution in [0, 0.1) is 5.82 Å². The second-order valence-corrected chi connectivity index (χ2v) is 5.50. The van der Waals surface area contributed by atoms with Gasteiger partial charge in [0.15, 0.2) is 0 Å². The van der Waals surface area contributed by atoms with Crippen molar-refractivity contribution in [3.05, 3.63) is 51.8 Å². The first-order valence-corrected chi connectivity index (χ1v) is 7.16. The minimum Gasteiger partial charge on any atom is -0.396 e. The van der Waals surface area contributed by atoms with E-state index in [1.165, 1.54) is 31.2 Å². The van der Waals surface area contributed by atoms with Gasteiger partial charge in [0, 0.05) is 18.3 Å². The Morgan fingerprint density at radius 1 is 1.04 bits per heavy atom. The molecule has 0 atom stereocenters. The van der Waals surface area contributed by atoms with Crippen LogP contribution in [0.4, 0.5) is 21.5 Å². The number of nitrogens with two attached hydrogens (primary N) is 1. The molecule has 23 heavy (non-hydrogen) atoms. The van der Waals surface area contributed by atoms with Crippen LogP contribution in [-0.2, 0) is 4.79 Å². The molecule has 0 radical (unpaired) electrons. The second kappa shape index (κ2) is 6.85. The Bertz CT molecular complexity index is 773. The highest BCUT2D eigenvalue weighted by molar-refractivity contribution is 6.39. The highest BCUT2D eigenvalue weighted by Crippen LogP contribution is 2.31. The number of anilines is 3. The molecule has 0 fully saturated rings. The van der Waals surface area contributed by atoms with Crippen LogP contribution in [0.3, 0.4) is 0 Å². The van der Waals surface area contributed by atoms with E-state index in [0.29, 0.717) is 5.69 Å². The molecular formula is C15H12Cl2FN3O2. The Morgan fingerprint density at radius 3 is 2.22 bits per heavy atom. The predicted octanol–water partition coefficient (Wildman–Crippen LogP) is 3.93. The zero-order chi connectivity index (χ0) is 17.1. The minimum atomic E-state index is -0.732. The first-order valence-electron chi connectivity index (χ1n) is 6.41. The number of carbonyl (C=O) groups is 2. The van der Waals surface area contributed by atoms with Gasteiger partial charge < -0.3 is 16.4 Å². The van der Waals surface area contributed by atoms with E-state index in [4.69, 9.17) is 28.9 Å². The van der Waals surface area contributed by atoms with E-state index in [0.717, 1.165) is 6.07 Å². The number of halogens is 3. The van der Waals surface area contributed by atoms with E-state index in [9.17, 15) is 14.0 Å². The number of nitrogens with one attached hydrogen (secondary N) is 2. The van der Waals surface area contributed by atoms with E-state index in [2.05, 4.69) is 10.6 Å². The Kier molecular flexibility index (Phi) is 5.08. The van der Waals surface area contributed by atoms with Crippen LogP contribution >= 0.6 is 23.2 Å². The van der Waals surface area contributed by atoms with Crippen molar-refractivity contribution in [3.63, 3.8) is 0 Å². The SMILES string of the molecule is CC(=O)Nc1ccc(F)c(C(=O)Nc2cc(Cl)c(N)c(Cl)c2)c1. The molecule has 2 aromatic carbocycles. The van der Waals surface area contributed by atoms with E-state index >= 15 is 0 Å². The van der Waals surface area contributed by atoms with E-state index in [-0.39, 0.29) is 32.9 Å². The normalized spacial score (nSPS) is 10.3. The van der Waals surface area contributed by atoms with Gasteiger partial charge >= 0.3 is 0 Å². The third-order valence-electron chi connectivity index (χ3n) is 2.87. The molecule has 0 heterocycles. The lowest BCUT2D eigenvalue weighted by Gasteiger charge is -2.10. The molecule has 0 aliphatic rings. The molecular weight excluding hydrogens is 344 g/mol. The van der Waals surface area contributed by atoms with Crippen LogP contribution in [0.5, 0.6) is 0 Å². The Morgan fingerprint density at radius 2 is 1.65 bits per heavy atom. The van der Waals surface area contributed by atoms with E-state index < -0.39 is 11.7 Å². The monoisotopic (exact) mass is 355 g/mol. The molecule has 4 N–H and O–H groups in total. The molecule has 0 saturated heterocycles.